The van der Waals surface area contributed by atoms with E-state index in [1.807, 2.05) is 37.4 Å². The average molecular weight is 253 g/mol. The summed E-state index contributed by atoms with van der Waals surface area (Å²) in [5.74, 6) is 2.20. The Morgan fingerprint density at radius 3 is 2.20 bits per heavy atom. The predicted molar refractivity (Wildman–Crippen MR) is 68.6 cm³/mol. The number of rotatable bonds is 1. The van der Waals surface area contributed by atoms with Crippen LogP contribution in [0.1, 0.15) is 20.8 Å². The number of carbonyl (C=O) groups excluding carboxylic acids is 1. The molecule has 0 spiro atoms. The summed E-state index contributed by atoms with van der Waals surface area (Å²) in [4.78, 5) is 13.8. The Kier molecular flexibility index (Phi) is 5.99. The molecule has 0 aliphatic carbocycles. The maximum Gasteiger partial charge on any atom is 0.240 e. The van der Waals surface area contributed by atoms with Crippen LogP contribution in [0.15, 0.2) is 0 Å². The summed E-state index contributed by atoms with van der Waals surface area (Å²) in [6.07, 6.45) is 0. The summed E-state index contributed by atoms with van der Waals surface area (Å²) in [7, 11) is 0. The lowest BCUT2D eigenvalue weighted by Gasteiger charge is -2.33. The highest BCUT2D eigenvalue weighted by Gasteiger charge is 2.31. The molecule has 1 aliphatic rings. The first-order valence-corrected chi connectivity index (χ1v) is 6.20. The van der Waals surface area contributed by atoms with Gasteiger partial charge in [-0.25, -0.2) is 0 Å². The molecule has 90 valence electrons. The van der Waals surface area contributed by atoms with Gasteiger partial charge in [-0.1, -0.05) is 20.8 Å². The molecular formula is C10H21ClN2OS. The predicted octanol–water partition coefficient (Wildman–Crippen LogP) is 1.36. The van der Waals surface area contributed by atoms with Gasteiger partial charge in [0.15, 0.2) is 0 Å². The molecule has 5 heteroatoms. The van der Waals surface area contributed by atoms with Crippen molar-refractivity contribution in [1.29, 1.82) is 0 Å². The first-order valence-electron chi connectivity index (χ1n) is 5.05. The molecule has 1 aliphatic heterocycles. The van der Waals surface area contributed by atoms with Crippen molar-refractivity contribution in [3.63, 3.8) is 0 Å². The van der Waals surface area contributed by atoms with Crippen molar-refractivity contribution >= 4 is 30.1 Å². The smallest absolute Gasteiger partial charge is 0.240 e. The van der Waals surface area contributed by atoms with Gasteiger partial charge in [-0.05, 0) is 5.41 Å². The molecule has 0 radical (unpaired) electrons. The topological polar surface area (TPSA) is 46.3 Å². The second-order valence-corrected chi connectivity index (χ2v) is 6.01. The van der Waals surface area contributed by atoms with Crippen LogP contribution in [0.5, 0.6) is 0 Å². The summed E-state index contributed by atoms with van der Waals surface area (Å²) < 4.78 is 0. The quantitative estimate of drug-likeness (QED) is 0.767. The fourth-order valence-corrected chi connectivity index (χ4v) is 2.25. The van der Waals surface area contributed by atoms with Crippen molar-refractivity contribution in [3.05, 3.63) is 0 Å². The zero-order valence-corrected chi connectivity index (χ0v) is 11.3. The molecule has 0 saturated carbocycles. The molecule has 1 rings (SSSR count). The Morgan fingerprint density at radius 2 is 1.80 bits per heavy atom. The molecule has 1 atom stereocenters. The summed E-state index contributed by atoms with van der Waals surface area (Å²) in [6.45, 7) is 7.73. The van der Waals surface area contributed by atoms with Gasteiger partial charge in [0, 0.05) is 24.6 Å². The Hall–Kier alpha value is 0.0700. The molecule has 1 saturated heterocycles. The molecule has 0 aromatic heterocycles. The van der Waals surface area contributed by atoms with E-state index in [0.29, 0.717) is 0 Å². The Labute approximate surface area is 103 Å². The van der Waals surface area contributed by atoms with E-state index in [1.54, 1.807) is 0 Å². The molecule has 1 fully saturated rings. The third kappa shape index (κ3) is 4.21. The lowest BCUT2D eigenvalue weighted by atomic mass is 9.86. The first-order chi connectivity index (χ1) is 6.43. The van der Waals surface area contributed by atoms with Crippen LogP contribution in [0.3, 0.4) is 0 Å². The minimum Gasteiger partial charge on any atom is -0.340 e. The van der Waals surface area contributed by atoms with Gasteiger partial charge in [0.25, 0.3) is 0 Å². The number of halogens is 1. The normalized spacial score (nSPS) is 19.3. The molecule has 0 aromatic carbocycles. The van der Waals surface area contributed by atoms with Crippen molar-refractivity contribution in [2.75, 3.05) is 24.6 Å². The van der Waals surface area contributed by atoms with E-state index in [9.17, 15) is 4.79 Å². The number of amides is 1. The highest BCUT2D eigenvalue weighted by Crippen LogP contribution is 2.20. The largest absolute Gasteiger partial charge is 0.340 e. The fraction of sp³-hybridized carbons (Fsp3) is 0.900. The van der Waals surface area contributed by atoms with Gasteiger partial charge < -0.3 is 10.6 Å². The number of nitrogens with two attached hydrogens (primary N) is 1. The van der Waals surface area contributed by atoms with Crippen molar-refractivity contribution in [2.24, 2.45) is 11.1 Å². The number of thioether (sulfide) groups is 1. The van der Waals surface area contributed by atoms with Crippen LogP contribution in [-0.4, -0.2) is 41.4 Å². The van der Waals surface area contributed by atoms with Crippen LogP contribution in [0, 0.1) is 5.41 Å². The standard InChI is InChI=1S/C10H20N2OS.ClH/c1-10(2,3)8(11)9(13)12-4-6-14-7-5-12;/h8H,4-7,11H2,1-3H3;1H/t8-;/m1./s1. The lowest BCUT2D eigenvalue weighted by Crippen LogP contribution is -2.52. The highest BCUT2D eigenvalue weighted by atomic mass is 35.5. The Bertz CT molecular complexity index is 212. The van der Waals surface area contributed by atoms with Crippen LogP contribution >= 0.6 is 24.2 Å². The second-order valence-electron chi connectivity index (χ2n) is 4.78. The summed E-state index contributed by atoms with van der Waals surface area (Å²) >= 11 is 1.90. The zero-order chi connectivity index (χ0) is 10.8. The van der Waals surface area contributed by atoms with Gasteiger partial charge in [-0.3, -0.25) is 4.79 Å². The maximum absolute atomic E-state index is 11.9. The molecule has 0 bridgehead atoms. The van der Waals surface area contributed by atoms with Crippen LogP contribution in [0.4, 0.5) is 0 Å². The number of nitrogens with zero attached hydrogens (tertiary/aromatic N) is 1. The van der Waals surface area contributed by atoms with Crippen molar-refractivity contribution in [1.82, 2.24) is 4.90 Å². The van der Waals surface area contributed by atoms with E-state index in [1.165, 1.54) is 0 Å². The van der Waals surface area contributed by atoms with Crippen LogP contribution in [-0.2, 0) is 4.79 Å². The minimum absolute atomic E-state index is 0. The third-order valence-corrected chi connectivity index (χ3v) is 3.46. The molecule has 1 heterocycles. The van der Waals surface area contributed by atoms with Gasteiger partial charge >= 0.3 is 0 Å². The minimum atomic E-state index is -0.370. The van der Waals surface area contributed by atoms with Crippen LogP contribution < -0.4 is 5.73 Å². The van der Waals surface area contributed by atoms with Gasteiger partial charge in [-0.15, -0.1) is 12.4 Å². The molecule has 3 nitrogen and oxygen atoms in total. The van der Waals surface area contributed by atoms with Crippen molar-refractivity contribution in [3.8, 4) is 0 Å². The summed E-state index contributed by atoms with van der Waals surface area (Å²) in [5.41, 5.74) is 5.79. The van der Waals surface area contributed by atoms with E-state index >= 15 is 0 Å². The third-order valence-electron chi connectivity index (χ3n) is 2.52. The Morgan fingerprint density at radius 1 is 1.33 bits per heavy atom. The van der Waals surface area contributed by atoms with Gasteiger partial charge in [0.1, 0.15) is 0 Å². The monoisotopic (exact) mass is 252 g/mol. The molecule has 0 aromatic rings. The fourth-order valence-electron chi connectivity index (χ4n) is 1.35. The Balaban J connectivity index is 0.00000196. The molecule has 15 heavy (non-hydrogen) atoms. The number of carbonyl (C=O) groups is 1. The highest BCUT2D eigenvalue weighted by molar-refractivity contribution is 7.99. The summed E-state index contributed by atoms with van der Waals surface area (Å²) in [5, 5.41) is 0. The van der Waals surface area contributed by atoms with Gasteiger partial charge in [-0.2, -0.15) is 11.8 Å². The number of hydrogen-bond donors (Lipinski definition) is 1. The van der Waals surface area contributed by atoms with E-state index in [0.717, 1.165) is 24.6 Å². The zero-order valence-electron chi connectivity index (χ0n) is 9.66. The first kappa shape index (κ1) is 15.1. The van der Waals surface area contributed by atoms with Crippen molar-refractivity contribution < 1.29 is 4.79 Å². The van der Waals surface area contributed by atoms with E-state index in [4.69, 9.17) is 5.73 Å². The van der Waals surface area contributed by atoms with E-state index in [2.05, 4.69) is 0 Å². The molecule has 0 unspecified atom stereocenters. The maximum atomic E-state index is 11.9. The van der Waals surface area contributed by atoms with Crippen molar-refractivity contribution in [2.45, 2.75) is 26.8 Å². The molecule has 1 amide bonds. The van der Waals surface area contributed by atoms with Crippen LogP contribution in [0.2, 0.25) is 0 Å². The molecular weight excluding hydrogens is 232 g/mol. The van der Waals surface area contributed by atoms with Crippen LogP contribution in [0.25, 0.3) is 0 Å². The number of hydrogen-bond acceptors (Lipinski definition) is 3. The average Bonchev–Trinajstić information content (AvgIpc) is 2.15. The van der Waals surface area contributed by atoms with Gasteiger partial charge in [0.05, 0.1) is 6.04 Å². The molecule has 2 N–H and O–H groups in total. The lowest BCUT2D eigenvalue weighted by molar-refractivity contribution is -0.134. The second kappa shape index (κ2) is 5.97. The SMILES string of the molecule is CC(C)(C)[C@H](N)C(=O)N1CCSCC1.Cl. The summed E-state index contributed by atoms with van der Waals surface area (Å²) in [6, 6.07) is -0.370. The van der Waals surface area contributed by atoms with E-state index < -0.39 is 0 Å². The van der Waals surface area contributed by atoms with Gasteiger partial charge in [0.2, 0.25) is 5.91 Å². The van der Waals surface area contributed by atoms with E-state index in [-0.39, 0.29) is 29.8 Å².